The van der Waals surface area contributed by atoms with Gasteiger partial charge in [-0.2, -0.15) is 0 Å². The molecular formula is C15H22BN3O4. The van der Waals surface area contributed by atoms with E-state index in [9.17, 15) is 4.79 Å². The average molecular weight is 319 g/mol. The predicted molar refractivity (Wildman–Crippen MR) is 86.5 cm³/mol. The Morgan fingerprint density at radius 1 is 1.26 bits per heavy atom. The number of carbonyl (C=O) groups is 1. The van der Waals surface area contributed by atoms with Crippen molar-refractivity contribution in [2.75, 3.05) is 31.1 Å². The van der Waals surface area contributed by atoms with Crippen molar-refractivity contribution in [3.63, 3.8) is 0 Å². The van der Waals surface area contributed by atoms with Crippen molar-refractivity contribution in [1.82, 2.24) is 9.88 Å². The standard InChI is InChI=1S/C15H22BN3O4/c1-14(2,3)23-13(20)19-9-15(10-19)7-18(8-15)12-5-4-11(6-17-12)16(21)22/h4-6,21-22H,7-10H2,1-3H3. The number of rotatable bonds is 2. The smallest absolute Gasteiger partial charge is 0.444 e. The quantitative estimate of drug-likeness (QED) is 0.736. The Bertz CT molecular complexity index is 586. The van der Waals surface area contributed by atoms with E-state index in [0.29, 0.717) is 18.6 Å². The van der Waals surface area contributed by atoms with Crippen LogP contribution < -0.4 is 10.4 Å². The molecule has 0 bridgehead atoms. The van der Waals surface area contributed by atoms with Crippen LogP contribution in [0.15, 0.2) is 18.3 Å². The van der Waals surface area contributed by atoms with Gasteiger partial charge >= 0.3 is 13.2 Å². The summed E-state index contributed by atoms with van der Waals surface area (Å²) in [6.45, 7) is 8.72. The van der Waals surface area contributed by atoms with E-state index in [2.05, 4.69) is 9.88 Å². The molecule has 1 aromatic heterocycles. The van der Waals surface area contributed by atoms with Crippen molar-refractivity contribution in [3.8, 4) is 0 Å². The second-order valence-corrected chi connectivity index (χ2v) is 7.52. The number of amides is 1. The topological polar surface area (TPSA) is 86.1 Å². The molecule has 2 saturated heterocycles. The van der Waals surface area contributed by atoms with Gasteiger partial charge in [0.15, 0.2) is 0 Å². The lowest BCUT2D eigenvalue weighted by molar-refractivity contribution is -0.0454. The van der Waals surface area contributed by atoms with Crippen molar-refractivity contribution in [2.24, 2.45) is 5.41 Å². The van der Waals surface area contributed by atoms with Crippen LogP contribution in [0.1, 0.15) is 20.8 Å². The lowest BCUT2D eigenvalue weighted by Crippen LogP contribution is -2.73. The summed E-state index contributed by atoms with van der Waals surface area (Å²) in [5, 5.41) is 18.1. The molecule has 124 valence electrons. The Kier molecular flexibility index (Phi) is 3.76. The van der Waals surface area contributed by atoms with Crippen molar-refractivity contribution in [3.05, 3.63) is 18.3 Å². The molecular weight excluding hydrogens is 297 g/mol. The van der Waals surface area contributed by atoms with Gasteiger partial charge in [-0.1, -0.05) is 6.07 Å². The molecule has 0 aliphatic carbocycles. The second kappa shape index (κ2) is 5.38. The molecule has 7 nitrogen and oxygen atoms in total. The van der Waals surface area contributed by atoms with Crippen molar-refractivity contribution in [1.29, 1.82) is 0 Å². The first kappa shape index (κ1) is 16.1. The molecule has 2 N–H and O–H groups in total. The van der Waals surface area contributed by atoms with E-state index >= 15 is 0 Å². The van der Waals surface area contributed by atoms with Gasteiger partial charge in [-0.25, -0.2) is 9.78 Å². The van der Waals surface area contributed by atoms with E-state index < -0.39 is 12.7 Å². The molecule has 3 rings (SSSR count). The van der Waals surface area contributed by atoms with Crippen molar-refractivity contribution in [2.45, 2.75) is 26.4 Å². The number of pyridine rings is 1. The molecule has 0 aromatic carbocycles. The molecule has 23 heavy (non-hydrogen) atoms. The van der Waals surface area contributed by atoms with E-state index in [4.69, 9.17) is 14.8 Å². The maximum atomic E-state index is 12.0. The number of aromatic nitrogens is 1. The summed E-state index contributed by atoms with van der Waals surface area (Å²) >= 11 is 0. The van der Waals surface area contributed by atoms with E-state index in [1.165, 1.54) is 6.20 Å². The van der Waals surface area contributed by atoms with Gasteiger partial charge in [0.05, 0.1) is 0 Å². The van der Waals surface area contributed by atoms with Crippen LogP contribution in [-0.2, 0) is 4.74 Å². The predicted octanol–water partition coefficient (Wildman–Crippen LogP) is -0.181. The molecule has 1 spiro atoms. The molecule has 2 aliphatic rings. The SMILES string of the molecule is CC(C)(C)OC(=O)N1CC2(C1)CN(c1ccc(B(O)O)cn1)C2. The van der Waals surface area contributed by atoms with Gasteiger partial charge in [0.25, 0.3) is 0 Å². The van der Waals surface area contributed by atoms with Crippen LogP contribution in [0.3, 0.4) is 0 Å². The fourth-order valence-corrected chi connectivity index (χ4v) is 3.08. The highest BCUT2D eigenvalue weighted by molar-refractivity contribution is 6.58. The first-order valence-corrected chi connectivity index (χ1v) is 7.72. The Hall–Kier alpha value is -1.80. The zero-order valence-electron chi connectivity index (χ0n) is 13.7. The van der Waals surface area contributed by atoms with Crippen LogP contribution >= 0.6 is 0 Å². The third-order valence-corrected chi connectivity index (χ3v) is 4.15. The molecule has 0 radical (unpaired) electrons. The van der Waals surface area contributed by atoms with Gasteiger partial charge in [0, 0.05) is 43.3 Å². The zero-order chi connectivity index (χ0) is 16.8. The summed E-state index contributed by atoms with van der Waals surface area (Å²) in [5.74, 6) is 0.816. The van der Waals surface area contributed by atoms with Gasteiger partial charge in [0.1, 0.15) is 11.4 Å². The number of likely N-dealkylation sites (tertiary alicyclic amines) is 1. The maximum Gasteiger partial charge on any atom is 0.490 e. The number of nitrogens with zero attached hydrogens (tertiary/aromatic N) is 3. The summed E-state index contributed by atoms with van der Waals surface area (Å²) in [7, 11) is -1.49. The summed E-state index contributed by atoms with van der Waals surface area (Å²) < 4.78 is 5.36. The van der Waals surface area contributed by atoms with Crippen LogP contribution in [0, 0.1) is 5.41 Å². The summed E-state index contributed by atoms with van der Waals surface area (Å²) in [5.41, 5.74) is 0.0612. The molecule has 1 aromatic rings. The fourth-order valence-electron chi connectivity index (χ4n) is 3.08. The fraction of sp³-hybridized carbons (Fsp3) is 0.600. The normalized spacial score (nSPS) is 19.2. The van der Waals surface area contributed by atoms with Gasteiger partial charge < -0.3 is 24.6 Å². The molecule has 8 heteroatoms. The molecule has 0 saturated carbocycles. The van der Waals surface area contributed by atoms with Gasteiger partial charge in [-0.3, -0.25) is 0 Å². The lowest BCUT2D eigenvalue weighted by atomic mass is 9.73. The number of ether oxygens (including phenoxy) is 1. The third-order valence-electron chi connectivity index (χ3n) is 4.15. The molecule has 2 fully saturated rings. The number of anilines is 1. The average Bonchev–Trinajstić information content (AvgIpc) is 2.33. The summed E-state index contributed by atoms with van der Waals surface area (Å²) in [4.78, 5) is 20.1. The third kappa shape index (κ3) is 3.28. The van der Waals surface area contributed by atoms with Crippen molar-refractivity contribution < 1.29 is 19.6 Å². The lowest BCUT2D eigenvalue weighted by Gasteiger charge is -2.60. The van der Waals surface area contributed by atoms with E-state index in [-0.39, 0.29) is 11.5 Å². The molecule has 1 amide bonds. The summed E-state index contributed by atoms with van der Waals surface area (Å²) in [6, 6.07) is 3.44. The zero-order valence-corrected chi connectivity index (χ0v) is 13.7. The number of carbonyl (C=O) groups excluding carboxylic acids is 1. The minimum Gasteiger partial charge on any atom is -0.444 e. The highest BCUT2D eigenvalue weighted by atomic mass is 16.6. The summed E-state index contributed by atoms with van der Waals surface area (Å²) in [6.07, 6.45) is 1.22. The molecule has 3 heterocycles. The second-order valence-electron chi connectivity index (χ2n) is 7.52. The van der Waals surface area contributed by atoms with E-state index in [0.717, 1.165) is 18.9 Å². The highest BCUT2D eigenvalue weighted by Gasteiger charge is 2.54. The van der Waals surface area contributed by atoms with Crippen LogP contribution in [0.4, 0.5) is 10.6 Å². The number of hydrogen-bond acceptors (Lipinski definition) is 6. The number of hydrogen-bond donors (Lipinski definition) is 2. The molecule has 2 aliphatic heterocycles. The Morgan fingerprint density at radius 2 is 1.91 bits per heavy atom. The molecule has 0 unspecified atom stereocenters. The monoisotopic (exact) mass is 319 g/mol. The minimum absolute atomic E-state index is 0.147. The Labute approximate surface area is 136 Å². The Morgan fingerprint density at radius 3 is 2.39 bits per heavy atom. The highest BCUT2D eigenvalue weighted by Crippen LogP contribution is 2.41. The van der Waals surface area contributed by atoms with Crippen LogP contribution in [0.2, 0.25) is 0 Å². The van der Waals surface area contributed by atoms with Crippen molar-refractivity contribution >= 4 is 24.5 Å². The first-order chi connectivity index (χ1) is 10.7. The van der Waals surface area contributed by atoms with Gasteiger partial charge in [-0.15, -0.1) is 0 Å². The van der Waals surface area contributed by atoms with Crippen LogP contribution in [-0.4, -0.2) is 64.9 Å². The van der Waals surface area contributed by atoms with Gasteiger partial charge in [0.2, 0.25) is 0 Å². The Balaban J connectivity index is 1.50. The van der Waals surface area contributed by atoms with Crippen LogP contribution in [0.25, 0.3) is 0 Å². The maximum absolute atomic E-state index is 12.0. The largest absolute Gasteiger partial charge is 0.490 e. The van der Waals surface area contributed by atoms with E-state index in [1.807, 2.05) is 20.8 Å². The van der Waals surface area contributed by atoms with Gasteiger partial charge in [-0.05, 0) is 26.8 Å². The van der Waals surface area contributed by atoms with E-state index in [1.54, 1.807) is 17.0 Å². The van der Waals surface area contributed by atoms with Crippen LogP contribution in [0.5, 0.6) is 0 Å². The first-order valence-electron chi connectivity index (χ1n) is 7.72. The molecule has 0 atom stereocenters. The minimum atomic E-state index is -1.49.